The second-order valence-corrected chi connectivity index (χ2v) is 6.09. The van der Waals surface area contributed by atoms with Gasteiger partial charge in [-0.2, -0.15) is 14.0 Å². The molecule has 3 rings (SSSR count). The fourth-order valence-corrected chi connectivity index (χ4v) is 3.02. The molecule has 0 bridgehead atoms. The van der Waals surface area contributed by atoms with Crippen LogP contribution in [0.3, 0.4) is 0 Å². The van der Waals surface area contributed by atoms with Crippen molar-refractivity contribution in [2.24, 2.45) is 0 Å². The van der Waals surface area contributed by atoms with Gasteiger partial charge in [-0.15, -0.1) is 0 Å². The van der Waals surface area contributed by atoms with Gasteiger partial charge in [0.05, 0.1) is 6.10 Å². The van der Waals surface area contributed by atoms with Crippen LogP contribution in [0.5, 0.6) is 5.75 Å². The van der Waals surface area contributed by atoms with E-state index in [0.717, 1.165) is 18.2 Å². The number of alkyl halides is 2. The molecule has 1 fully saturated rings. The van der Waals surface area contributed by atoms with Crippen LogP contribution in [0.2, 0.25) is 0 Å². The Bertz CT molecular complexity index is 900. The predicted molar refractivity (Wildman–Crippen MR) is 96.2 cm³/mol. The molecule has 7 heteroatoms. The highest BCUT2D eigenvalue weighted by molar-refractivity contribution is 6.05. The quantitative estimate of drug-likeness (QED) is 0.621. The monoisotopic (exact) mass is 372 g/mol. The van der Waals surface area contributed by atoms with Gasteiger partial charge in [0.1, 0.15) is 17.4 Å². The molecule has 140 valence electrons. The van der Waals surface area contributed by atoms with E-state index in [4.69, 9.17) is 4.74 Å². The van der Waals surface area contributed by atoms with Crippen LogP contribution in [-0.2, 0) is 9.53 Å². The first-order chi connectivity index (χ1) is 13.1. The van der Waals surface area contributed by atoms with Gasteiger partial charge in [0, 0.05) is 18.7 Å². The minimum Gasteiger partial charge on any atom is -0.434 e. The van der Waals surface area contributed by atoms with Gasteiger partial charge in [-0.25, -0.2) is 0 Å². The molecule has 2 aromatic carbocycles. The maximum atomic E-state index is 12.8. The average Bonchev–Trinajstić information content (AvgIpc) is 3.18. The van der Waals surface area contributed by atoms with Crippen molar-refractivity contribution < 1.29 is 23.0 Å². The smallest absolute Gasteiger partial charge is 0.387 e. The number of carbonyl (C=O) groups is 1. The second kappa shape index (κ2) is 8.60. The predicted octanol–water partition coefficient (Wildman–Crippen LogP) is 3.64. The summed E-state index contributed by atoms with van der Waals surface area (Å²) in [7, 11) is 0. The maximum absolute atomic E-state index is 12.8. The van der Waals surface area contributed by atoms with E-state index in [1.54, 1.807) is 18.2 Å². The molecule has 2 aromatic rings. The summed E-state index contributed by atoms with van der Waals surface area (Å²) < 4.78 is 35.6. The van der Waals surface area contributed by atoms with Crippen molar-refractivity contribution in [3.05, 3.63) is 47.5 Å². The molecular formula is C20H18F2N2O3. The van der Waals surface area contributed by atoms with Gasteiger partial charge >= 0.3 is 6.61 Å². The van der Waals surface area contributed by atoms with E-state index in [-0.39, 0.29) is 23.0 Å². The molecule has 27 heavy (non-hydrogen) atoms. The van der Waals surface area contributed by atoms with Crippen molar-refractivity contribution in [2.45, 2.75) is 25.6 Å². The first-order valence-electron chi connectivity index (χ1n) is 8.56. The maximum Gasteiger partial charge on any atom is 0.387 e. The summed E-state index contributed by atoms with van der Waals surface area (Å²) >= 11 is 0. The molecule has 0 aromatic heterocycles. The van der Waals surface area contributed by atoms with E-state index in [9.17, 15) is 18.8 Å². The van der Waals surface area contributed by atoms with E-state index in [2.05, 4.69) is 10.1 Å². The Balaban J connectivity index is 1.93. The highest BCUT2D eigenvalue weighted by Crippen LogP contribution is 2.31. The molecule has 1 aliphatic rings. The summed E-state index contributed by atoms with van der Waals surface area (Å²) in [4.78, 5) is 12.4. The molecule has 1 N–H and O–H groups in total. The SMILES string of the molecule is N#C/C(=C\c1c(OC(F)F)ccc2ccccc12)C(=O)NC[C@H]1CCCO1. The largest absolute Gasteiger partial charge is 0.434 e. The molecule has 0 radical (unpaired) electrons. The van der Waals surface area contributed by atoms with Crippen LogP contribution in [0.1, 0.15) is 18.4 Å². The van der Waals surface area contributed by atoms with Crippen molar-refractivity contribution in [3.8, 4) is 11.8 Å². The number of fused-ring (bicyclic) bond motifs is 1. The van der Waals surface area contributed by atoms with E-state index < -0.39 is 12.5 Å². The number of nitrogens with zero attached hydrogens (tertiary/aromatic N) is 1. The lowest BCUT2D eigenvalue weighted by Gasteiger charge is -2.13. The molecule has 0 aliphatic carbocycles. The Morgan fingerprint density at radius 1 is 1.37 bits per heavy atom. The number of nitrogens with one attached hydrogen (secondary N) is 1. The van der Waals surface area contributed by atoms with Gasteiger partial charge in [-0.3, -0.25) is 4.79 Å². The van der Waals surface area contributed by atoms with Crippen molar-refractivity contribution in [2.75, 3.05) is 13.2 Å². The standard InChI is InChI=1S/C20H18F2N2O3/c21-20(22)27-18-8-7-13-4-1-2-6-16(13)17(18)10-14(11-23)19(25)24-12-15-5-3-9-26-15/h1-2,4,6-8,10,15,20H,3,5,9,12H2,(H,24,25)/b14-10+/t15-/m1/s1. The van der Waals surface area contributed by atoms with Gasteiger partial charge in [0.2, 0.25) is 0 Å². The number of nitriles is 1. The average molecular weight is 372 g/mol. The fraction of sp³-hybridized carbons (Fsp3) is 0.300. The zero-order valence-corrected chi connectivity index (χ0v) is 14.5. The van der Waals surface area contributed by atoms with Crippen molar-refractivity contribution in [3.63, 3.8) is 0 Å². The van der Waals surface area contributed by atoms with E-state index >= 15 is 0 Å². The summed E-state index contributed by atoms with van der Waals surface area (Å²) in [5.41, 5.74) is 0.0701. The molecule has 1 atom stereocenters. The van der Waals surface area contributed by atoms with Gasteiger partial charge in [0.15, 0.2) is 0 Å². The van der Waals surface area contributed by atoms with Crippen molar-refractivity contribution >= 4 is 22.8 Å². The van der Waals surface area contributed by atoms with Gasteiger partial charge in [-0.05, 0) is 35.8 Å². The van der Waals surface area contributed by atoms with Crippen LogP contribution in [0.4, 0.5) is 8.78 Å². The van der Waals surface area contributed by atoms with E-state index in [1.807, 2.05) is 18.2 Å². The molecule has 1 heterocycles. The Morgan fingerprint density at radius 3 is 2.89 bits per heavy atom. The lowest BCUT2D eigenvalue weighted by Crippen LogP contribution is -2.32. The Kier molecular flexibility index (Phi) is 5.99. The highest BCUT2D eigenvalue weighted by atomic mass is 19.3. The molecular weight excluding hydrogens is 354 g/mol. The van der Waals surface area contributed by atoms with Crippen LogP contribution in [0, 0.1) is 11.3 Å². The first-order valence-corrected chi connectivity index (χ1v) is 8.56. The number of ether oxygens (including phenoxy) is 2. The minimum absolute atomic E-state index is 0.0656. The zero-order chi connectivity index (χ0) is 19.2. The normalized spacial score (nSPS) is 17.1. The Labute approximate surface area is 155 Å². The fourth-order valence-electron chi connectivity index (χ4n) is 3.02. The third kappa shape index (κ3) is 4.60. The molecule has 5 nitrogen and oxygen atoms in total. The molecule has 0 unspecified atom stereocenters. The Morgan fingerprint density at radius 2 is 2.19 bits per heavy atom. The molecule has 0 saturated carbocycles. The molecule has 1 aliphatic heterocycles. The summed E-state index contributed by atoms with van der Waals surface area (Å²) in [5.74, 6) is -0.674. The summed E-state index contributed by atoms with van der Waals surface area (Å²) in [6, 6.07) is 12.0. The van der Waals surface area contributed by atoms with Gasteiger partial charge < -0.3 is 14.8 Å². The lowest BCUT2D eigenvalue weighted by molar-refractivity contribution is -0.117. The number of halogens is 2. The third-order valence-electron chi connectivity index (χ3n) is 4.31. The van der Waals surface area contributed by atoms with Crippen molar-refractivity contribution in [1.82, 2.24) is 5.32 Å². The van der Waals surface area contributed by atoms with Crippen molar-refractivity contribution in [1.29, 1.82) is 5.26 Å². The third-order valence-corrected chi connectivity index (χ3v) is 4.31. The Hall–Kier alpha value is -2.98. The zero-order valence-electron chi connectivity index (χ0n) is 14.5. The summed E-state index contributed by atoms with van der Waals surface area (Å²) in [5, 5.41) is 13.4. The van der Waals surface area contributed by atoms with Crippen LogP contribution in [0.15, 0.2) is 42.0 Å². The van der Waals surface area contributed by atoms with Crippen LogP contribution >= 0.6 is 0 Å². The molecule has 0 spiro atoms. The number of carbonyl (C=O) groups excluding carboxylic acids is 1. The van der Waals surface area contributed by atoms with Crippen LogP contribution < -0.4 is 10.1 Å². The minimum atomic E-state index is -3.02. The topological polar surface area (TPSA) is 71.3 Å². The number of hydrogen-bond donors (Lipinski definition) is 1. The molecule has 1 amide bonds. The van der Waals surface area contributed by atoms with Crippen LogP contribution in [-0.4, -0.2) is 31.8 Å². The van der Waals surface area contributed by atoms with Gasteiger partial charge in [-0.1, -0.05) is 30.3 Å². The van der Waals surface area contributed by atoms with E-state index in [1.165, 1.54) is 12.1 Å². The summed E-state index contributed by atoms with van der Waals surface area (Å²) in [6.07, 6.45) is 3.00. The summed E-state index contributed by atoms with van der Waals surface area (Å²) in [6.45, 7) is -2.06. The molecule has 1 saturated heterocycles. The highest BCUT2D eigenvalue weighted by Gasteiger charge is 2.19. The van der Waals surface area contributed by atoms with E-state index in [0.29, 0.717) is 18.5 Å². The lowest BCUT2D eigenvalue weighted by atomic mass is 10.0. The van der Waals surface area contributed by atoms with Gasteiger partial charge in [0.25, 0.3) is 5.91 Å². The number of amides is 1. The number of rotatable bonds is 6. The second-order valence-electron chi connectivity index (χ2n) is 6.09. The number of benzene rings is 2. The van der Waals surface area contributed by atoms with Crippen LogP contribution in [0.25, 0.3) is 16.8 Å². The number of hydrogen-bond acceptors (Lipinski definition) is 4. The first kappa shape index (κ1) is 18.8.